The highest BCUT2D eigenvalue weighted by molar-refractivity contribution is 14.1. The second-order valence-corrected chi connectivity index (χ2v) is 9.55. The molecule has 164 valence electrons. The summed E-state index contributed by atoms with van der Waals surface area (Å²) in [5.41, 5.74) is 1.07. The van der Waals surface area contributed by atoms with Crippen molar-refractivity contribution in [3.05, 3.63) is 27.4 Å². The molecule has 1 aromatic rings. The number of amides is 2. The molecule has 0 aliphatic carbocycles. The molecule has 0 aliphatic rings. The lowest BCUT2D eigenvalue weighted by Gasteiger charge is -2.20. The molecule has 0 saturated carbocycles. The van der Waals surface area contributed by atoms with Gasteiger partial charge in [0, 0.05) is 30.2 Å². The Kier molecular flexibility index (Phi) is 12.1. The molecule has 0 spiro atoms. The number of halogens is 3. The molecule has 12 heteroatoms. The summed E-state index contributed by atoms with van der Waals surface area (Å²) in [6.07, 6.45) is -2.72. The number of aliphatic hydroxyl groups excluding tert-OH is 5. The third-order valence-electron chi connectivity index (χ3n) is 3.78. The number of carbonyl (C=O) groups excluding carboxylic acids is 2. The highest BCUT2D eigenvalue weighted by atomic mass is 127. The Morgan fingerprint density at radius 3 is 1.52 bits per heavy atom. The van der Waals surface area contributed by atoms with E-state index in [4.69, 9.17) is 10.2 Å². The van der Waals surface area contributed by atoms with Gasteiger partial charge in [0.1, 0.15) is 0 Å². The predicted molar refractivity (Wildman–Crippen MR) is 131 cm³/mol. The van der Waals surface area contributed by atoms with Crippen LogP contribution in [0.2, 0.25) is 0 Å². The molecule has 1 rings (SSSR count). The smallest absolute Gasteiger partial charge is 0.253 e. The highest BCUT2D eigenvalue weighted by Crippen LogP contribution is 2.33. The van der Waals surface area contributed by atoms with E-state index < -0.39 is 43.3 Å². The fourth-order valence-corrected chi connectivity index (χ4v) is 6.90. The second kappa shape index (κ2) is 12.9. The largest absolute Gasteiger partial charge is 0.394 e. The molecule has 2 amide bonds. The van der Waals surface area contributed by atoms with Crippen LogP contribution in [0.25, 0.3) is 0 Å². The van der Waals surface area contributed by atoms with Crippen LogP contribution in [0.15, 0.2) is 0 Å². The van der Waals surface area contributed by atoms with Gasteiger partial charge in [-0.15, -0.1) is 0 Å². The lowest BCUT2D eigenvalue weighted by molar-refractivity contribution is 0.0797. The Morgan fingerprint density at radius 2 is 1.21 bits per heavy atom. The van der Waals surface area contributed by atoms with Crippen LogP contribution in [-0.4, -0.2) is 82.0 Å². The van der Waals surface area contributed by atoms with Crippen molar-refractivity contribution in [1.82, 2.24) is 10.6 Å². The maximum absolute atomic E-state index is 12.8. The van der Waals surface area contributed by atoms with Crippen LogP contribution in [0.5, 0.6) is 0 Å². The Balaban J connectivity index is 3.43. The van der Waals surface area contributed by atoms with Crippen LogP contribution in [0, 0.1) is 10.7 Å². The van der Waals surface area contributed by atoms with Gasteiger partial charge in [0.15, 0.2) is 0 Å². The second-order valence-electron chi connectivity index (χ2n) is 6.32. The Bertz CT molecular complexity index is 693. The van der Waals surface area contributed by atoms with Crippen LogP contribution in [-0.2, 0) is 6.42 Å². The minimum atomic E-state index is -1.11. The van der Waals surface area contributed by atoms with Gasteiger partial charge in [-0.25, -0.2) is 0 Å². The summed E-state index contributed by atoms with van der Waals surface area (Å²) in [6, 6.07) is 0. The molecular weight excluding hydrogens is 725 g/mol. The standard InChI is InChI=1S/C17H23I3N2O7/c1-7(25)2-10-13(18)11(16(28)21-3-8(26)5-23)15(20)12(14(10)19)17(29)22-4-9(27)6-24/h7-9,23-27H,2-6H2,1H3,(H,21,28)(H,22,29). The van der Waals surface area contributed by atoms with Crippen molar-refractivity contribution in [2.45, 2.75) is 31.7 Å². The average molecular weight is 748 g/mol. The van der Waals surface area contributed by atoms with Gasteiger partial charge in [-0.2, -0.15) is 0 Å². The molecule has 0 bridgehead atoms. The van der Waals surface area contributed by atoms with Crippen molar-refractivity contribution < 1.29 is 35.1 Å². The fourth-order valence-electron chi connectivity index (χ4n) is 2.32. The van der Waals surface area contributed by atoms with Gasteiger partial charge in [-0.1, -0.05) is 0 Å². The van der Waals surface area contributed by atoms with Crippen molar-refractivity contribution in [1.29, 1.82) is 0 Å². The Morgan fingerprint density at radius 1 is 0.828 bits per heavy atom. The van der Waals surface area contributed by atoms with E-state index in [9.17, 15) is 24.9 Å². The van der Waals surface area contributed by atoms with E-state index in [1.54, 1.807) is 6.92 Å². The molecule has 0 fully saturated rings. The van der Waals surface area contributed by atoms with Gasteiger partial charge in [-0.05, 0) is 80.3 Å². The fraction of sp³-hybridized carbons (Fsp3) is 0.529. The molecule has 3 unspecified atom stereocenters. The molecule has 9 nitrogen and oxygen atoms in total. The third-order valence-corrected chi connectivity index (χ3v) is 7.24. The van der Waals surface area contributed by atoms with Crippen LogP contribution >= 0.6 is 67.8 Å². The maximum atomic E-state index is 12.8. The van der Waals surface area contributed by atoms with Crippen LogP contribution in [0.1, 0.15) is 33.2 Å². The first-order valence-corrected chi connectivity index (χ1v) is 11.8. The SMILES string of the molecule is CC(O)Cc1c(I)c(C(=O)NCC(O)CO)c(I)c(C(=O)NCC(O)CO)c1I. The normalized spacial score (nSPS) is 14.2. The van der Waals surface area contributed by atoms with Gasteiger partial charge in [0.05, 0.1) is 42.7 Å². The number of carbonyl (C=O) groups is 2. The molecular formula is C17H23I3N2O7. The van der Waals surface area contributed by atoms with E-state index in [0.29, 0.717) is 16.3 Å². The molecule has 0 aliphatic heterocycles. The molecule has 0 heterocycles. The van der Waals surface area contributed by atoms with Crippen molar-refractivity contribution in [3.8, 4) is 0 Å². The quantitative estimate of drug-likeness (QED) is 0.161. The highest BCUT2D eigenvalue weighted by Gasteiger charge is 2.28. The van der Waals surface area contributed by atoms with E-state index in [0.717, 1.165) is 0 Å². The Labute approximate surface area is 209 Å². The summed E-state index contributed by atoms with van der Waals surface area (Å²) < 4.78 is 1.51. The average Bonchev–Trinajstić information content (AvgIpc) is 2.67. The number of hydrogen-bond donors (Lipinski definition) is 7. The molecule has 0 saturated heterocycles. The number of rotatable bonds is 10. The van der Waals surface area contributed by atoms with Gasteiger partial charge in [0.25, 0.3) is 11.8 Å². The lowest BCUT2D eigenvalue weighted by atomic mass is 10.0. The Hall–Kier alpha value is 0.150. The summed E-state index contributed by atoms with van der Waals surface area (Å²) in [5.74, 6) is -1.06. The zero-order valence-electron chi connectivity index (χ0n) is 15.5. The van der Waals surface area contributed by atoms with Crippen molar-refractivity contribution in [2.24, 2.45) is 0 Å². The first-order valence-electron chi connectivity index (χ1n) is 8.56. The van der Waals surface area contributed by atoms with Gasteiger partial charge in [-0.3, -0.25) is 9.59 Å². The lowest BCUT2D eigenvalue weighted by Crippen LogP contribution is -2.37. The minimum absolute atomic E-state index is 0.163. The van der Waals surface area contributed by atoms with Crippen LogP contribution in [0.4, 0.5) is 0 Å². The first-order chi connectivity index (χ1) is 13.5. The van der Waals surface area contributed by atoms with E-state index in [1.807, 2.05) is 67.8 Å². The third kappa shape index (κ3) is 7.65. The first kappa shape index (κ1) is 27.2. The molecule has 0 radical (unpaired) electrons. The van der Waals surface area contributed by atoms with Gasteiger partial charge in [0.2, 0.25) is 0 Å². The zero-order valence-corrected chi connectivity index (χ0v) is 21.9. The van der Waals surface area contributed by atoms with Gasteiger partial charge >= 0.3 is 0 Å². The van der Waals surface area contributed by atoms with Crippen molar-refractivity contribution >= 4 is 79.6 Å². The summed E-state index contributed by atoms with van der Waals surface area (Å²) in [5, 5.41) is 51.7. The molecule has 0 aromatic heterocycles. The van der Waals surface area contributed by atoms with E-state index in [-0.39, 0.29) is 30.6 Å². The number of nitrogens with one attached hydrogen (secondary N) is 2. The number of benzene rings is 1. The summed E-state index contributed by atoms with van der Waals surface area (Å²) in [4.78, 5) is 25.5. The molecule has 29 heavy (non-hydrogen) atoms. The van der Waals surface area contributed by atoms with Crippen molar-refractivity contribution in [2.75, 3.05) is 26.3 Å². The van der Waals surface area contributed by atoms with Crippen LogP contribution in [0.3, 0.4) is 0 Å². The van der Waals surface area contributed by atoms with E-state index in [2.05, 4.69) is 10.6 Å². The topological polar surface area (TPSA) is 159 Å². The van der Waals surface area contributed by atoms with Gasteiger partial charge < -0.3 is 36.2 Å². The molecule has 3 atom stereocenters. The number of hydrogen-bond acceptors (Lipinski definition) is 7. The van der Waals surface area contributed by atoms with E-state index >= 15 is 0 Å². The van der Waals surface area contributed by atoms with E-state index in [1.165, 1.54) is 0 Å². The number of aliphatic hydroxyl groups is 5. The monoisotopic (exact) mass is 748 g/mol. The van der Waals surface area contributed by atoms with Crippen molar-refractivity contribution in [3.63, 3.8) is 0 Å². The molecule has 7 N–H and O–H groups in total. The summed E-state index contributed by atoms with van der Waals surface area (Å²) in [7, 11) is 0. The van der Waals surface area contributed by atoms with Crippen LogP contribution < -0.4 is 10.6 Å². The summed E-state index contributed by atoms with van der Waals surface area (Å²) >= 11 is 5.86. The summed E-state index contributed by atoms with van der Waals surface area (Å²) in [6.45, 7) is 0.260. The zero-order chi connectivity index (χ0) is 22.3. The minimum Gasteiger partial charge on any atom is -0.394 e. The maximum Gasteiger partial charge on any atom is 0.253 e. The molecule has 1 aromatic carbocycles. The predicted octanol–water partition coefficient (Wildman–Crippen LogP) is -0.410.